The Kier molecular flexibility index (Phi) is 7.10. The van der Waals surface area contributed by atoms with Crippen molar-refractivity contribution in [3.05, 3.63) is 16.3 Å². The summed E-state index contributed by atoms with van der Waals surface area (Å²) >= 11 is 0. The smallest absolute Gasteiger partial charge is 0.331 e. The summed E-state index contributed by atoms with van der Waals surface area (Å²) in [6.07, 6.45) is 4.35. The van der Waals surface area contributed by atoms with Gasteiger partial charge in [-0.3, -0.25) is 10.1 Å². The number of aryl methyl sites for hydroxylation is 1. The Bertz CT molecular complexity index is 426. The SMILES string of the molecule is Cl.Cl.Cn1ncc([N+](=O)[O-])c1N1CCCC[C@H](N)C1. The summed E-state index contributed by atoms with van der Waals surface area (Å²) in [4.78, 5) is 12.5. The normalized spacial score (nSPS) is 19.1. The van der Waals surface area contributed by atoms with E-state index in [1.165, 1.54) is 6.20 Å². The van der Waals surface area contributed by atoms with Crippen molar-refractivity contribution in [1.82, 2.24) is 9.78 Å². The lowest BCUT2D eigenvalue weighted by molar-refractivity contribution is -0.384. The molecule has 2 rings (SSSR count). The highest BCUT2D eigenvalue weighted by atomic mass is 35.5. The van der Waals surface area contributed by atoms with Crippen molar-refractivity contribution in [2.75, 3.05) is 18.0 Å². The number of anilines is 1. The van der Waals surface area contributed by atoms with E-state index in [1.807, 2.05) is 4.90 Å². The predicted molar refractivity (Wildman–Crippen MR) is 78.4 cm³/mol. The minimum Gasteiger partial charge on any atom is -0.350 e. The largest absolute Gasteiger partial charge is 0.350 e. The van der Waals surface area contributed by atoms with Crippen LogP contribution in [0.15, 0.2) is 6.20 Å². The zero-order chi connectivity index (χ0) is 12.4. The maximum Gasteiger partial charge on any atom is 0.331 e. The molecule has 1 atom stereocenters. The molecule has 0 aromatic carbocycles. The summed E-state index contributed by atoms with van der Waals surface area (Å²) in [7, 11) is 1.72. The van der Waals surface area contributed by atoms with Crippen molar-refractivity contribution < 1.29 is 4.92 Å². The summed E-state index contributed by atoms with van der Waals surface area (Å²) in [5, 5.41) is 14.9. The fourth-order valence-corrected chi connectivity index (χ4v) is 2.28. The molecule has 0 spiro atoms. The van der Waals surface area contributed by atoms with E-state index >= 15 is 0 Å². The Hall–Kier alpha value is -1.05. The monoisotopic (exact) mass is 311 g/mol. The third kappa shape index (κ3) is 3.95. The minimum absolute atomic E-state index is 0. The number of nitrogens with zero attached hydrogens (tertiary/aromatic N) is 4. The van der Waals surface area contributed by atoms with Crippen LogP contribution in [0.5, 0.6) is 0 Å². The molecule has 2 heterocycles. The Morgan fingerprint density at radius 1 is 1.47 bits per heavy atom. The first-order valence-corrected chi connectivity index (χ1v) is 5.76. The summed E-state index contributed by atoms with van der Waals surface area (Å²) in [5.41, 5.74) is 6.02. The molecule has 7 nitrogen and oxygen atoms in total. The average molecular weight is 312 g/mol. The van der Waals surface area contributed by atoms with Crippen LogP contribution in [0.25, 0.3) is 0 Å². The van der Waals surface area contributed by atoms with E-state index in [2.05, 4.69) is 5.10 Å². The van der Waals surface area contributed by atoms with Crippen LogP contribution < -0.4 is 10.6 Å². The van der Waals surface area contributed by atoms with E-state index in [0.29, 0.717) is 12.4 Å². The molecule has 9 heteroatoms. The van der Waals surface area contributed by atoms with Crippen LogP contribution in [-0.4, -0.2) is 33.8 Å². The van der Waals surface area contributed by atoms with E-state index in [-0.39, 0.29) is 36.5 Å². The van der Waals surface area contributed by atoms with Gasteiger partial charge in [0.25, 0.3) is 0 Å². The van der Waals surface area contributed by atoms with E-state index in [0.717, 1.165) is 25.8 Å². The standard InChI is InChI=1S/C10H17N5O2.2ClH/c1-13-10(9(6-12-13)15(16)17)14-5-3-2-4-8(11)7-14;;/h6,8H,2-5,7,11H2,1H3;2*1H/t8-;;/m0../s1. The third-order valence-electron chi connectivity index (χ3n) is 3.09. The minimum atomic E-state index is -0.390. The molecule has 0 radical (unpaired) electrons. The van der Waals surface area contributed by atoms with Gasteiger partial charge in [-0.05, 0) is 12.8 Å². The van der Waals surface area contributed by atoms with E-state index in [1.54, 1.807) is 11.7 Å². The highest BCUT2D eigenvalue weighted by Crippen LogP contribution is 2.28. The predicted octanol–water partition coefficient (Wildman–Crippen LogP) is 1.49. The molecule has 1 aliphatic rings. The molecule has 1 aromatic rings. The highest BCUT2D eigenvalue weighted by Gasteiger charge is 2.26. The van der Waals surface area contributed by atoms with Crippen molar-refractivity contribution in [1.29, 1.82) is 0 Å². The van der Waals surface area contributed by atoms with E-state index in [9.17, 15) is 10.1 Å². The van der Waals surface area contributed by atoms with Gasteiger partial charge in [0.2, 0.25) is 5.82 Å². The molecule has 0 unspecified atom stereocenters. The van der Waals surface area contributed by atoms with Crippen LogP contribution >= 0.6 is 24.8 Å². The van der Waals surface area contributed by atoms with Gasteiger partial charge in [-0.25, -0.2) is 4.68 Å². The van der Waals surface area contributed by atoms with Gasteiger partial charge >= 0.3 is 5.69 Å². The van der Waals surface area contributed by atoms with Crippen molar-refractivity contribution in [3.8, 4) is 0 Å². The number of halogens is 2. The van der Waals surface area contributed by atoms with Crippen LogP contribution in [0.3, 0.4) is 0 Å². The lowest BCUT2D eigenvalue weighted by atomic mass is 10.2. The molecule has 2 N–H and O–H groups in total. The van der Waals surface area contributed by atoms with Crippen LogP contribution in [0.1, 0.15) is 19.3 Å². The number of hydrogen-bond donors (Lipinski definition) is 1. The van der Waals surface area contributed by atoms with Crippen LogP contribution in [0.4, 0.5) is 11.5 Å². The summed E-state index contributed by atoms with van der Waals surface area (Å²) < 4.78 is 1.55. The van der Waals surface area contributed by atoms with Crippen molar-refractivity contribution in [2.24, 2.45) is 12.8 Å². The van der Waals surface area contributed by atoms with Gasteiger partial charge in [-0.15, -0.1) is 24.8 Å². The first kappa shape index (κ1) is 17.9. The van der Waals surface area contributed by atoms with Crippen LogP contribution in [0.2, 0.25) is 0 Å². The molecule has 1 aliphatic heterocycles. The lowest BCUT2D eigenvalue weighted by Gasteiger charge is -2.23. The second-order valence-electron chi connectivity index (χ2n) is 4.44. The Morgan fingerprint density at radius 3 is 2.79 bits per heavy atom. The molecule has 0 saturated carbocycles. The number of aromatic nitrogens is 2. The summed E-state index contributed by atoms with van der Waals surface area (Å²) in [6, 6.07) is 0.0759. The Labute approximate surface area is 124 Å². The van der Waals surface area contributed by atoms with Gasteiger partial charge < -0.3 is 10.6 Å². The van der Waals surface area contributed by atoms with Crippen molar-refractivity contribution in [2.45, 2.75) is 25.3 Å². The fourth-order valence-electron chi connectivity index (χ4n) is 2.28. The van der Waals surface area contributed by atoms with Gasteiger partial charge in [-0.2, -0.15) is 5.10 Å². The molecule has 1 saturated heterocycles. The Morgan fingerprint density at radius 2 is 2.16 bits per heavy atom. The van der Waals surface area contributed by atoms with E-state index in [4.69, 9.17) is 5.73 Å². The molecule has 0 aliphatic carbocycles. The van der Waals surface area contributed by atoms with Gasteiger partial charge in [0, 0.05) is 26.2 Å². The van der Waals surface area contributed by atoms with Gasteiger partial charge in [-0.1, -0.05) is 6.42 Å². The molecule has 0 amide bonds. The lowest BCUT2D eigenvalue weighted by Crippen LogP contribution is -2.37. The summed E-state index contributed by atoms with van der Waals surface area (Å²) in [5.74, 6) is 0.562. The first-order chi connectivity index (χ1) is 8.09. The maximum absolute atomic E-state index is 10.9. The second-order valence-corrected chi connectivity index (χ2v) is 4.44. The maximum atomic E-state index is 10.9. The molecule has 110 valence electrons. The topological polar surface area (TPSA) is 90.2 Å². The second kappa shape index (κ2) is 7.52. The van der Waals surface area contributed by atoms with Crippen molar-refractivity contribution >= 4 is 36.3 Å². The average Bonchev–Trinajstić information content (AvgIpc) is 2.52. The Balaban J connectivity index is 0.00000162. The van der Waals surface area contributed by atoms with E-state index < -0.39 is 4.92 Å². The number of rotatable bonds is 2. The summed E-state index contributed by atoms with van der Waals surface area (Å²) in [6.45, 7) is 1.45. The molecule has 19 heavy (non-hydrogen) atoms. The zero-order valence-corrected chi connectivity index (χ0v) is 12.3. The number of nitrogens with two attached hydrogens (primary N) is 1. The molecule has 1 fully saturated rings. The molecular weight excluding hydrogens is 293 g/mol. The van der Waals surface area contributed by atoms with Crippen LogP contribution in [0, 0.1) is 10.1 Å². The van der Waals surface area contributed by atoms with Gasteiger partial charge in [0.05, 0.1) is 4.92 Å². The third-order valence-corrected chi connectivity index (χ3v) is 3.09. The van der Waals surface area contributed by atoms with Crippen LogP contribution in [-0.2, 0) is 7.05 Å². The fraction of sp³-hybridized carbons (Fsp3) is 0.700. The zero-order valence-electron chi connectivity index (χ0n) is 10.7. The number of nitro groups is 1. The van der Waals surface area contributed by atoms with Gasteiger partial charge in [0.15, 0.2) is 0 Å². The number of hydrogen-bond acceptors (Lipinski definition) is 5. The van der Waals surface area contributed by atoms with Gasteiger partial charge in [0.1, 0.15) is 6.20 Å². The molecular formula is C10H19Cl2N5O2. The molecule has 1 aromatic heterocycles. The highest BCUT2D eigenvalue weighted by molar-refractivity contribution is 5.85. The molecule has 0 bridgehead atoms. The quantitative estimate of drug-likeness (QED) is 0.660. The first-order valence-electron chi connectivity index (χ1n) is 5.76. The van der Waals surface area contributed by atoms with Crippen molar-refractivity contribution in [3.63, 3.8) is 0 Å².